The Morgan fingerprint density at radius 1 is 0.970 bits per heavy atom. The Labute approximate surface area is 193 Å². The zero-order valence-corrected chi connectivity index (χ0v) is 19.0. The monoisotopic (exact) mass is 450 g/mol. The number of piperazine rings is 1. The van der Waals surface area contributed by atoms with Gasteiger partial charge >= 0.3 is 0 Å². The van der Waals surface area contributed by atoms with Crippen LogP contribution in [0.25, 0.3) is 0 Å². The number of rotatable bonds is 4. The average molecular weight is 451 g/mol. The number of hydrogen-bond acceptors (Lipinski definition) is 7. The molecule has 4 heterocycles. The minimum absolute atomic E-state index is 0.0188. The summed E-state index contributed by atoms with van der Waals surface area (Å²) in [6.07, 6.45) is 0.280. The molecule has 3 fully saturated rings. The van der Waals surface area contributed by atoms with Crippen LogP contribution in [0.15, 0.2) is 36.4 Å². The zero-order valence-electron chi connectivity index (χ0n) is 19.0. The first-order valence-electron chi connectivity index (χ1n) is 11.7. The van der Waals surface area contributed by atoms with Gasteiger partial charge in [-0.1, -0.05) is 18.2 Å². The summed E-state index contributed by atoms with van der Waals surface area (Å²) in [6.45, 7) is 8.12. The fraction of sp³-hybridized carbons (Fsp3) is 0.500. The molecule has 0 spiro atoms. The molecule has 9 nitrogen and oxygen atoms in total. The van der Waals surface area contributed by atoms with E-state index in [4.69, 9.17) is 9.72 Å². The molecule has 2 aromatic rings. The molecule has 0 saturated carbocycles. The number of aryl methyl sites for hydroxylation is 1. The van der Waals surface area contributed by atoms with Crippen LogP contribution >= 0.6 is 0 Å². The Kier molecular flexibility index (Phi) is 6.13. The van der Waals surface area contributed by atoms with Gasteiger partial charge < -0.3 is 24.3 Å². The highest BCUT2D eigenvalue weighted by Gasteiger charge is 2.38. The van der Waals surface area contributed by atoms with E-state index < -0.39 is 0 Å². The molecule has 9 heteroatoms. The van der Waals surface area contributed by atoms with Crippen LogP contribution in [0.2, 0.25) is 0 Å². The number of amides is 2. The second-order valence-corrected chi connectivity index (χ2v) is 8.82. The Morgan fingerprint density at radius 3 is 2.42 bits per heavy atom. The van der Waals surface area contributed by atoms with Crippen LogP contribution in [0.4, 0.5) is 17.5 Å². The molecule has 3 aliphatic rings. The van der Waals surface area contributed by atoms with Gasteiger partial charge in [-0.25, -0.2) is 4.98 Å². The van der Waals surface area contributed by atoms with Crippen molar-refractivity contribution < 1.29 is 14.3 Å². The van der Waals surface area contributed by atoms with E-state index in [2.05, 4.69) is 14.8 Å². The smallest absolute Gasteiger partial charge is 0.228 e. The van der Waals surface area contributed by atoms with Crippen molar-refractivity contribution in [2.45, 2.75) is 13.3 Å². The van der Waals surface area contributed by atoms with Crippen LogP contribution in [0.1, 0.15) is 12.1 Å². The molecule has 0 radical (unpaired) electrons. The van der Waals surface area contributed by atoms with Crippen LogP contribution in [-0.4, -0.2) is 85.7 Å². The van der Waals surface area contributed by atoms with Crippen molar-refractivity contribution in [2.75, 3.05) is 73.7 Å². The number of carbonyl (C=O) groups is 2. The van der Waals surface area contributed by atoms with E-state index in [-0.39, 0.29) is 24.2 Å². The minimum atomic E-state index is -0.279. The Balaban J connectivity index is 1.20. The lowest BCUT2D eigenvalue weighted by Gasteiger charge is -2.37. The predicted octanol–water partition coefficient (Wildman–Crippen LogP) is 1.32. The van der Waals surface area contributed by atoms with Crippen molar-refractivity contribution in [1.82, 2.24) is 14.9 Å². The molecule has 1 unspecified atom stereocenters. The minimum Gasteiger partial charge on any atom is -0.378 e. The third-order valence-corrected chi connectivity index (χ3v) is 6.58. The predicted molar refractivity (Wildman–Crippen MR) is 125 cm³/mol. The Hall–Kier alpha value is -3.20. The van der Waals surface area contributed by atoms with Crippen molar-refractivity contribution in [1.29, 1.82) is 0 Å². The molecule has 174 valence electrons. The summed E-state index contributed by atoms with van der Waals surface area (Å²) in [5.41, 5.74) is 1.79. The number of morpholine rings is 1. The molecule has 1 aromatic carbocycles. The maximum absolute atomic E-state index is 13.2. The fourth-order valence-electron chi connectivity index (χ4n) is 4.75. The van der Waals surface area contributed by atoms with Gasteiger partial charge in [0.05, 0.1) is 19.1 Å². The van der Waals surface area contributed by atoms with Crippen molar-refractivity contribution >= 4 is 29.3 Å². The highest BCUT2D eigenvalue weighted by Crippen LogP contribution is 2.27. The summed E-state index contributed by atoms with van der Waals surface area (Å²) < 4.78 is 5.44. The van der Waals surface area contributed by atoms with Crippen molar-refractivity contribution in [3.05, 3.63) is 42.1 Å². The Morgan fingerprint density at radius 2 is 1.70 bits per heavy atom. The van der Waals surface area contributed by atoms with Gasteiger partial charge in [-0.05, 0) is 19.1 Å². The normalized spacial score (nSPS) is 21.6. The highest BCUT2D eigenvalue weighted by atomic mass is 16.5. The lowest BCUT2D eigenvalue weighted by atomic mass is 10.1. The fourth-order valence-corrected chi connectivity index (χ4v) is 4.75. The molecule has 2 amide bonds. The third kappa shape index (κ3) is 4.64. The molecule has 3 saturated heterocycles. The van der Waals surface area contributed by atoms with E-state index >= 15 is 0 Å². The van der Waals surface area contributed by atoms with Gasteiger partial charge in [-0.3, -0.25) is 9.59 Å². The first kappa shape index (κ1) is 21.6. The van der Waals surface area contributed by atoms with E-state index in [9.17, 15) is 9.59 Å². The van der Waals surface area contributed by atoms with Crippen molar-refractivity contribution in [3.8, 4) is 0 Å². The highest BCUT2D eigenvalue weighted by molar-refractivity contribution is 6.00. The van der Waals surface area contributed by atoms with E-state index in [1.807, 2.05) is 48.2 Å². The van der Waals surface area contributed by atoms with Gasteiger partial charge in [-0.2, -0.15) is 4.98 Å². The largest absolute Gasteiger partial charge is 0.378 e. The summed E-state index contributed by atoms with van der Waals surface area (Å²) in [4.78, 5) is 43.1. The molecule has 0 N–H and O–H groups in total. The molecular formula is C24H30N6O3. The first-order chi connectivity index (χ1) is 16.1. The standard InChI is InChI=1S/C24H30N6O3/c1-18-15-21(26-24(25-18)29-11-13-33-14-12-29)27-7-9-28(10-8-27)23(32)19-16-22(31)30(17-19)20-5-3-2-4-6-20/h2-6,15,19H,7-14,16-17H2,1H3. The molecule has 5 rings (SSSR count). The zero-order chi connectivity index (χ0) is 22.8. The maximum atomic E-state index is 13.2. The molecule has 33 heavy (non-hydrogen) atoms. The second-order valence-electron chi connectivity index (χ2n) is 8.82. The number of carbonyl (C=O) groups excluding carboxylic acids is 2. The number of ether oxygens (including phenoxy) is 1. The lowest BCUT2D eigenvalue weighted by Crippen LogP contribution is -2.51. The number of hydrogen-bond donors (Lipinski definition) is 0. The van der Waals surface area contributed by atoms with Crippen LogP contribution in [0.3, 0.4) is 0 Å². The van der Waals surface area contributed by atoms with E-state index in [1.54, 1.807) is 4.90 Å². The van der Waals surface area contributed by atoms with Crippen LogP contribution in [-0.2, 0) is 14.3 Å². The number of benzene rings is 1. The molecule has 1 aromatic heterocycles. The number of aromatic nitrogens is 2. The van der Waals surface area contributed by atoms with Gasteiger partial charge in [0.25, 0.3) is 0 Å². The summed E-state index contributed by atoms with van der Waals surface area (Å²) in [5.74, 6) is 1.47. The van der Waals surface area contributed by atoms with Crippen LogP contribution in [0, 0.1) is 12.8 Å². The van der Waals surface area contributed by atoms with Gasteiger partial charge in [0.1, 0.15) is 5.82 Å². The summed E-state index contributed by atoms with van der Waals surface area (Å²) in [5, 5.41) is 0. The molecule has 3 aliphatic heterocycles. The van der Waals surface area contributed by atoms with E-state index in [0.717, 1.165) is 36.2 Å². The topological polar surface area (TPSA) is 82.1 Å². The van der Waals surface area contributed by atoms with Crippen LogP contribution < -0.4 is 14.7 Å². The molecule has 0 aliphatic carbocycles. The van der Waals surface area contributed by atoms with E-state index in [0.29, 0.717) is 45.9 Å². The number of nitrogens with zero attached hydrogens (tertiary/aromatic N) is 6. The third-order valence-electron chi connectivity index (χ3n) is 6.58. The van der Waals surface area contributed by atoms with Gasteiger partial charge in [0.2, 0.25) is 17.8 Å². The quantitative estimate of drug-likeness (QED) is 0.695. The number of anilines is 3. The maximum Gasteiger partial charge on any atom is 0.228 e. The van der Waals surface area contributed by atoms with E-state index in [1.165, 1.54) is 0 Å². The van der Waals surface area contributed by atoms with Gasteiger partial charge in [-0.15, -0.1) is 0 Å². The first-order valence-corrected chi connectivity index (χ1v) is 11.7. The van der Waals surface area contributed by atoms with Gasteiger partial charge in [0.15, 0.2) is 0 Å². The van der Waals surface area contributed by atoms with Crippen LogP contribution in [0.5, 0.6) is 0 Å². The molecule has 1 atom stereocenters. The second kappa shape index (κ2) is 9.35. The van der Waals surface area contributed by atoms with Crippen molar-refractivity contribution in [2.24, 2.45) is 5.92 Å². The Bertz CT molecular complexity index is 1000. The molecule has 0 bridgehead atoms. The summed E-state index contributed by atoms with van der Waals surface area (Å²) >= 11 is 0. The summed E-state index contributed by atoms with van der Waals surface area (Å²) in [6, 6.07) is 11.6. The van der Waals surface area contributed by atoms with Gasteiger partial charge in [0, 0.05) is 69.7 Å². The SMILES string of the molecule is Cc1cc(N2CCN(C(=O)C3CC(=O)N(c4ccccc4)C3)CC2)nc(N2CCOCC2)n1. The average Bonchev–Trinajstić information content (AvgIpc) is 3.26. The van der Waals surface area contributed by atoms with Crippen molar-refractivity contribution in [3.63, 3.8) is 0 Å². The molecular weight excluding hydrogens is 420 g/mol. The number of para-hydroxylation sites is 1. The lowest BCUT2D eigenvalue weighted by molar-refractivity contribution is -0.136. The summed E-state index contributed by atoms with van der Waals surface area (Å²) in [7, 11) is 0.